The van der Waals surface area contributed by atoms with Crippen LogP contribution >= 0.6 is 15.9 Å². The number of nitrogens with zero attached hydrogens (tertiary/aromatic N) is 1. The fourth-order valence-corrected chi connectivity index (χ4v) is 3.14. The Morgan fingerprint density at radius 3 is 2.67 bits per heavy atom. The normalized spacial score (nSPS) is 10.9. The Morgan fingerprint density at radius 1 is 1.00 bits per heavy atom. The number of halogens is 1. The second kappa shape index (κ2) is 8.11. The molecule has 0 atom stereocenters. The highest BCUT2D eigenvalue weighted by Gasteiger charge is 2.08. The largest absolute Gasteiger partial charge is 0.385 e. The van der Waals surface area contributed by atoms with Crippen molar-refractivity contribution in [1.29, 1.82) is 0 Å². The molecule has 0 spiro atoms. The smallest absolute Gasteiger partial charge is 0.272 e. The van der Waals surface area contributed by atoms with Gasteiger partial charge in [-0.05, 0) is 31.0 Å². The highest BCUT2D eigenvalue weighted by molar-refractivity contribution is 9.09. The van der Waals surface area contributed by atoms with Gasteiger partial charge in [-0.25, -0.2) is 5.10 Å². The SMILES string of the molecule is O=c1[nH]nc(-c2cccc(NCCCCCBr)c2)c2ccccc12. The molecule has 0 bridgehead atoms. The first kappa shape index (κ1) is 16.7. The summed E-state index contributed by atoms with van der Waals surface area (Å²) in [5.41, 5.74) is 2.71. The van der Waals surface area contributed by atoms with E-state index in [-0.39, 0.29) is 5.56 Å². The summed E-state index contributed by atoms with van der Waals surface area (Å²) >= 11 is 3.45. The molecule has 0 saturated carbocycles. The van der Waals surface area contributed by atoms with E-state index in [1.807, 2.05) is 36.4 Å². The zero-order chi connectivity index (χ0) is 16.8. The minimum Gasteiger partial charge on any atom is -0.385 e. The van der Waals surface area contributed by atoms with Crippen molar-refractivity contribution in [2.24, 2.45) is 0 Å². The molecule has 0 aliphatic heterocycles. The van der Waals surface area contributed by atoms with Gasteiger partial charge < -0.3 is 5.32 Å². The molecule has 24 heavy (non-hydrogen) atoms. The molecule has 0 radical (unpaired) electrons. The number of nitrogens with one attached hydrogen (secondary N) is 2. The second-order valence-corrected chi connectivity index (χ2v) is 6.50. The highest BCUT2D eigenvalue weighted by atomic mass is 79.9. The van der Waals surface area contributed by atoms with Crippen LogP contribution in [0.2, 0.25) is 0 Å². The van der Waals surface area contributed by atoms with Crippen molar-refractivity contribution < 1.29 is 0 Å². The van der Waals surface area contributed by atoms with E-state index in [4.69, 9.17) is 0 Å². The predicted molar refractivity (Wildman–Crippen MR) is 104 cm³/mol. The summed E-state index contributed by atoms with van der Waals surface area (Å²) in [5.74, 6) is 0. The van der Waals surface area contributed by atoms with Crippen LogP contribution < -0.4 is 10.9 Å². The van der Waals surface area contributed by atoms with Crippen LogP contribution in [-0.2, 0) is 0 Å². The van der Waals surface area contributed by atoms with Crippen LogP contribution in [0.15, 0.2) is 53.3 Å². The van der Waals surface area contributed by atoms with Crippen LogP contribution in [0.3, 0.4) is 0 Å². The molecule has 2 aromatic carbocycles. The first-order valence-electron chi connectivity index (χ1n) is 8.17. The van der Waals surface area contributed by atoms with Crippen LogP contribution in [0.25, 0.3) is 22.0 Å². The van der Waals surface area contributed by atoms with Gasteiger partial charge in [-0.15, -0.1) is 0 Å². The monoisotopic (exact) mass is 385 g/mol. The maximum atomic E-state index is 11.9. The third kappa shape index (κ3) is 3.85. The summed E-state index contributed by atoms with van der Waals surface area (Å²) in [5, 5.41) is 12.9. The van der Waals surface area contributed by atoms with E-state index < -0.39 is 0 Å². The van der Waals surface area contributed by atoms with Gasteiger partial charge in [0.2, 0.25) is 0 Å². The molecule has 2 N–H and O–H groups in total. The van der Waals surface area contributed by atoms with Gasteiger partial charge in [0.25, 0.3) is 5.56 Å². The number of alkyl halides is 1. The number of benzene rings is 2. The maximum absolute atomic E-state index is 11.9. The lowest BCUT2D eigenvalue weighted by Gasteiger charge is -2.09. The Bertz CT molecular complexity index is 876. The van der Waals surface area contributed by atoms with E-state index in [1.54, 1.807) is 0 Å². The van der Waals surface area contributed by atoms with Crippen LogP contribution in [-0.4, -0.2) is 22.1 Å². The molecule has 0 aliphatic rings. The van der Waals surface area contributed by atoms with E-state index >= 15 is 0 Å². The van der Waals surface area contributed by atoms with E-state index in [2.05, 4.69) is 43.6 Å². The number of aromatic amines is 1. The zero-order valence-electron chi connectivity index (χ0n) is 13.4. The third-order valence-electron chi connectivity index (χ3n) is 3.97. The van der Waals surface area contributed by atoms with Crippen molar-refractivity contribution in [3.63, 3.8) is 0 Å². The molecule has 4 nitrogen and oxygen atoms in total. The van der Waals surface area contributed by atoms with Gasteiger partial charge in [0.05, 0.1) is 11.1 Å². The highest BCUT2D eigenvalue weighted by Crippen LogP contribution is 2.26. The second-order valence-electron chi connectivity index (χ2n) is 5.70. The first-order chi connectivity index (χ1) is 11.8. The number of fused-ring (bicyclic) bond motifs is 1. The summed E-state index contributed by atoms with van der Waals surface area (Å²) in [6.07, 6.45) is 3.56. The summed E-state index contributed by atoms with van der Waals surface area (Å²) in [7, 11) is 0. The lowest BCUT2D eigenvalue weighted by molar-refractivity contribution is 0.752. The average Bonchev–Trinajstić information content (AvgIpc) is 2.62. The molecule has 0 fully saturated rings. The van der Waals surface area contributed by atoms with Crippen molar-refractivity contribution in [3.05, 3.63) is 58.9 Å². The molecule has 0 amide bonds. The molecular formula is C19H20BrN3O. The fourth-order valence-electron chi connectivity index (χ4n) is 2.74. The number of unbranched alkanes of at least 4 members (excludes halogenated alkanes) is 2. The number of rotatable bonds is 7. The molecule has 1 aromatic heterocycles. The van der Waals surface area contributed by atoms with Crippen molar-refractivity contribution in [2.45, 2.75) is 19.3 Å². The number of hydrogen-bond donors (Lipinski definition) is 2. The minimum absolute atomic E-state index is 0.157. The van der Waals surface area contributed by atoms with Crippen molar-refractivity contribution >= 4 is 32.4 Å². The number of aromatic nitrogens is 2. The van der Waals surface area contributed by atoms with Crippen LogP contribution in [0.1, 0.15) is 19.3 Å². The summed E-state index contributed by atoms with van der Waals surface area (Å²) < 4.78 is 0. The van der Waals surface area contributed by atoms with Crippen molar-refractivity contribution in [3.8, 4) is 11.3 Å². The Kier molecular flexibility index (Phi) is 5.64. The number of H-pyrrole nitrogens is 1. The quantitative estimate of drug-likeness (QED) is 0.462. The summed E-state index contributed by atoms with van der Waals surface area (Å²) in [6, 6.07) is 15.7. The average molecular weight is 386 g/mol. The van der Waals surface area contributed by atoms with Crippen LogP contribution in [0.5, 0.6) is 0 Å². The van der Waals surface area contributed by atoms with Gasteiger partial charge >= 0.3 is 0 Å². The molecule has 3 aromatic rings. The molecule has 3 rings (SSSR count). The van der Waals surface area contributed by atoms with Gasteiger partial charge in [0.15, 0.2) is 0 Å². The molecule has 1 heterocycles. The number of hydrogen-bond acceptors (Lipinski definition) is 3. The molecule has 0 saturated heterocycles. The summed E-state index contributed by atoms with van der Waals surface area (Å²) in [4.78, 5) is 11.9. The molecule has 124 valence electrons. The molecule has 0 unspecified atom stereocenters. The fraction of sp³-hybridized carbons (Fsp3) is 0.263. The van der Waals surface area contributed by atoms with Crippen molar-refractivity contribution in [1.82, 2.24) is 10.2 Å². The standard InChI is InChI=1S/C19H20BrN3O/c20-11-4-1-5-12-21-15-8-6-7-14(13-15)18-16-9-2-3-10-17(16)19(24)23-22-18/h2-3,6-10,13,21H,1,4-5,11-12H2,(H,23,24). The lowest BCUT2D eigenvalue weighted by Crippen LogP contribution is -2.09. The Labute approximate surface area is 149 Å². The minimum atomic E-state index is -0.157. The van der Waals surface area contributed by atoms with Crippen LogP contribution in [0.4, 0.5) is 5.69 Å². The van der Waals surface area contributed by atoms with Gasteiger partial charge in [-0.1, -0.05) is 52.7 Å². The topological polar surface area (TPSA) is 57.8 Å². The van der Waals surface area contributed by atoms with E-state index in [9.17, 15) is 4.79 Å². The maximum Gasteiger partial charge on any atom is 0.272 e. The Balaban J connectivity index is 1.84. The Morgan fingerprint density at radius 2 is 1.83 bits per heavy atom. The van der Waals surface area contributed by atoms with E-state index in [0.29, 0.717) is 5.39 Å². The van der Waals surface area contributed by atoms with Gasteiger partial charge in [-0.2, -0.15) is 5.10 Å². The predicted octanol–water partition coefficient (Wildman–Crippen LogP) is 4.57. The van der Waals surface area contributed by atoms with Gasteiger partial charge in [-0.3, -0.25) is 4.79 Å². The Hall–Kier alpha value is -2.14. The van der Waals surface area contributed by atoms with E-state index in [1.165, 1.54) is 12.8 Å². The van der Waals surface area contributed by atoms with Gasteiger partial charge in [0.1, 0.15) is 0 Å². The van der Waals surface area contributed by atoms with Crippen molar-refractivity contribution in [2.75, 3.05) is 17.2 Å². The summed E-state index contributed by atoms with van der Waals surface area (Å²) in [6.45, 7) is 0.955. The van der Waals surface area contributed by atoms with Crippen LogP contribution in [0, 0.1) is 0 Å². The first-order valence-corrected chi connectivity index (χ1v) is 9.29. The molecule has 0 aliphatic carbocycles. The van der Waals surface area contributed by atoms with E-state index in [0.717, 1.165) is 40.6 Å². The molecule has 5 heteroatoms. The lowest BCUT2D eigenvalue weighted by atomic mass is 10.0. The van der Waals surface area contributed by atoms with Gasteiger partial charge in [0, 0.05) is 28.5 Å². The molecular weight excluding hydrogens is 366 g/mol. The zero-order valence-corrected chi connectivity index (χ0v) is 15.0. The number of anilines is 1. The third-order valence-corrected chi connectivity index (χ3v) is 4.53.